The molecule has 1 unspecified atom stereocenters. The highest BCUT2D eigenvalue weighted by Crippen LogP contribution is 2.37. The highest BCUT2D eigenvalue weighted by atomic mass is 35.5. The molecule has 1 amide bonds. The van der Waals surface area contributed by atoms with Gasteiger partial charge in [0.15, 0.2) is 0 Å². The zero-order chi connectivity index (χ0) is 18.5. The Balaban J connectivity index is 1.55. The zero-order valence-electron chi connectivity index (χ0n) is 14.7. The molecule has 0 N–H and O–H groups in total. The number of nitrogens with zero attached hydrogens (tertiary/aromatic N) is 3. The summed E-state index contributed by atoms with van der Waals surface area (Å²) >= 11 is 12.3. The maximum atomic E-state index is 12.5. The van der Waals surface area contributed by atoms with Gasteiger partial charge in [0.2, 0.25) is 5.91 Å². The Bertz CT molecular complexity index is 1040. The smallest absolute Gasteiger partial charge is 0.223 e. The number of para-hydroxylation sites is 2. The van der Waals surface area contributed by atoms with Crippen molar-refractivity contribution in [1.29, 1.82) is 0 Å². The van der Waals surface area contributed by atoms with Crippen LogP contribution in [0.25, 0.3) is 11.0 Å². The molecular formula is C21H19Cl2N3O. The number of benzene rings is 2. The lowest BCUT2D eigenvalue weighted by Gasteiger charge is -2.16. The Hall–Kier alpha value is -2.04. The standard InChI is InChI=1S/C21H19Cl2N3O/c22-16-8-5-13(9-17(16)23)11-26-19-4-2-1-3-18(19)24-21(26)14-10-20(27)25(12-14)15-6-7-15/h1-5,8-9,14-15H,6-7,10-12H2. The minimum atomic E-state index is 0.133. The number of carbonyl (C=O) groups is 1. The predicted octanol–water partition coefficient (Wildman–Crippen LogP) is 4.87. The summed E-state index contributed by atoms with van der Waals surface area (Å²) in [4.78, 5) is 19.4. The second-order valence-electron chi connectivity index (χ2n) is 7.47. The van der Waals surface area contributed by atoms with Gasteiger partial charge in [0.05, 0.1) is 21.1 Å². The van der Waals surface area contributed by atoms with Crippen LogP contribution in [0, 0.1) is 0 Å². The van der Waals surface area contributed by atoms with E-state index in [2.05, 4.69) is 10.6 Å². The molecule has 0 radical (unpaired) electrons. The van der Waals surface area contributed by atoms with E-state index < -0.39 is 0 Å². The van der Waals surface area contributed by atoms with Crippen LogP contribution in [0.15, 0.2) is 42.5 Å². The Morgan fingerprint density at radius 2 is 1.89 bits per heavy atom. The van der Waals surface area contributed by atoms with E-state index in [9.17, 15) is 4.79 Å². The fourth-order valence-electron chi connectivity index (χ4n) is 4.04. The Morgan fingerprint density at radius 3 is 2.67 bits per heavy atom. The first-order valence-corrected chi connectivity index (χ1v) is 10.0. The molecule has 138 valence electrons. The van der Waals surface area contributed by atoms with Gasteiger partial charge in [-0.2, -0.15) is 0 Å². The Morgan fingerprint density at radius 1 is 1.07 bits per heavy atom. The van der Waals surface area contributed by atoms with Gasteiger partial charge >= 0.3 is 0 Å². The molecule has 0 spiro atoms. The molecule has 3 aromatic rings. The second kappa shape index (κ2) is 6.54. The van der Waals surface area contributed by atoms with Gasteiger partial charge in [-0.25, -0.2) is 4.98 Å². The van der Waals surface area contributed by atoms with Gasteiger partial charge in [0, 0.05) is 31.5 Å². The molecule has 1 saturated carbocycles. The fourth-order valence-corrected chi connectivity index (χ4v) is 4.36. The third-order valence-electron chi connectivity index (χ3n) is 5.52. The van der Waals surface area contributed by atoms with Crippen molar-refractivity contribution in [2.75, 3.05) is 6.54 Å². The van der Waals surface area contributed by atoms with Crippen LogP contribution >= 0.6 is 23.2 Å². The van der Waals surface area contributed by atoms with Crippen molar-refractivity contribution in [3.63, 3.8) is 0 Å². The van der Waals surface area contributed by atoms with Crippen molar-refractivity contribution in [2.24, 2.45) is 0 Å². The van der Waals surface area contributed by atoms with Crippen LogP contribution in [0.3, 0.4) is 0 Å². The summed E-state index contributed by atoms with van der Waals surface area (Å²) in [5.74, 6) is 1.38. The van der Waals surface area contributed by atoms with Gasteiger partial charge in [-0.1, -0.05) is 41.4 Å². The molecule has 2 aromatic carbocycles. The summed E-state index contributed by atoms with van der Waals surface area (Å²) in [5.41, 5.74) is 3.11. The number of carbonyl (C=O) groups excluding carboxylic acids is 1. The van der Waals surface area contributed by atoms with Crippen LogP contribution in [0.4, 0.5) is 0 Å². The summed E-state index contributed by atoms with van der Waals surface area (Å²) in [6, 6.07) is 14.3. The molecule has 5 rings (SSSR count). The van der Waals surface area contributed by atoms with Crippen LogP contribution in [0.1, 0.15) is 36.6 Å². The van der Waals surface area contributed by atoms with Crippen molar-refractivity contribution in [3.8, 4) is 0 Å². The Labute approximate surface area is 167 Å². The van der Waals surface area contributed by atoms with Crippen LogP contribution in [-0.4, -0.2) is 32.9 Å². The molecule has 1 aliphatic carbocycles. The first kappa shape index (κ1) is 17.1. The average Bonchev–Trinajstić information content (AvgIpc) is 3.34. The molecular weight excluding hydrogens is 381 g/mol. The quantitative estimate of drug-likeness (QED) is 0.627. The largest absolute Gasteiger partial charge is 0.339 e. The number of fused-ring (bicyclic) bond motifs is 1. The van der Waals surface area contributed by atoms with Crippen LogP contribution in [0.2, 0.25) is 10.0 Å². The van der Waals surface area contributed by atoms with Crippen LogP contribution < -0.4 is 0 Å². The van der Waals surface area contributed by atoms with E-state index in [0.29, 0.717) is 29.1 Å². The first-order chi connectivity index (χ1) is 13.1. The van der Waals surface area contributed by atoms with E-state index in [1.54, 1.807) is 0 Å². The number of halogens is 2. The number of hydrogen-bond donors (Lipinski definition) is 0. The summed E-state index contributed by atoms with van der Waals surface area (Å²) in [5, 5.41) is 1.11. The van der Waals surface area contributed by atoms with Crippen LogP contribution in [0.5, 0.6) is 0 Å². The molecule has 6 heteroatoms. The summed E-state index contributed by atoms with van der Waals surface area (Å²) in [6.45, 7) is 1.43. The molecule has 2 fully saturated rings. The van der Waals surface area contributed by atoms with Gasteiger partial charge < -0.3 is 9.47 Å². The van der Waals surface area contributed by atoms with Crippen molar-refractivity contribution < 1.29 is 4.79 Å². The van der Waals surface area contributed by atoms with Gasteiger partial charge in [-0.15, -0.1) is 0 Å². The molecule has 1 aliphatic heterocycles. The number of aromatic nitrogens is 2. The first-order valence-electron chi connectivity index (χ1n) is 9.28. The third-order valence-corrected chi connectivity index (χ3v) is 6.26. The summed E-state index contributed by atoms with van der Waals surface area (Å²) in [6.07, 6.45) is 2.82. The maximum absolute atomic E-state index is 12.5. The number of amides is 1. The third kappa shape index (κ3) is 3.11. The maximum Gasteiger partial charge on any atom is 0.223 e. The van der Waals surface area contributed by atoms with E-state index in [-0.39, 0.29) is 11.8 Å². The number of rotatable bonds is 4. The molecule has 2 heterocycles. The van der Waals surface area contributed by atoms with E-state index in [4.69, 9.17) is 28.2 Å². The molecule has 1 saturated heterocycles. The number of hydrogen-bond acceptors (Lipinski definition) is 2. The fraction of sp³-hybridized carbons (Fsp3) is 0.333. The van der Waals surface area contributed by atoms with Crippen molar-refractivity contribution in [2.45, 2.75) is 37.8 Å². The minimum absolute atomic E-state index is 0.133. The average molecular weight is 400 g/mol. The highest BCUT2D eigenvalue weighted by molar-refractivity contribution is 6.42. The van der Waals surface area contributed by atoms with Crippen molar-refractivity contribution >= 4 is 40.1 Å². The summed E-state index contributed by atoms with van der Waals surface area (Å²) in [7, 11) is 0. The monoisotopic (exact) mass is 399 g/mol. The number of imidazole rings is 1. The molecule has 4 nitrogen and oxygen atoms in total. The molecule has 1 aromatic heterocycles. The normalized spacial score (nSPS) is 20.0. The lowest BCUT2D eigenvalue weighted by Crippen LogP contribution is -2.27. The van der Waals surface area contributed by atoms with Gasteiger partial charge in [0.1, 0.15) is 5.82 Å². The van der Waals surface area contributed by atoms with E-state index in [1.807, 2.05) is 41.3 Å². The van der Waals surface area contributed by atoms with Crippen molar-refractivity contribution in [3.05, 3.63) is 63.9 Å². The second-order valence-corrected chi connectivity index (χ2v) is 8.29. The zero-order valence-corrected chi connectivity index (χ0v) is 16.2. The topological polar surface area (TPSA) is 38.1 Å². The van der Waals surface area contributed by atoms with Gasteiger partial charge in [-0.05, 0) is 42.7 Å². The molecule has 0 bridgehead atoms. The highest BCUT2D eigenvalue weighted by Gasteiger charge is 2.41. The Kier molecular flexibility index (Phi) is 4.14. The van der Waals surface area contributed by atoms with E-state index >= 15 is 0 Å². The van der Waals surface area contributed by atoms with E-state index in [0.717, 1.165) is 41.8 Å². The van der Waals surface area contributed by atoms with Crippen molar-refractivity contribution in [1.82, 2.24) is 14.5 Å². The van der Waals surface area contributed by atoms with Gasteiger partial charge in [0.25, 0.3) is 0 Å². The van der Waals surface area contributed by atoms with Gasteiger partial charge in [-0.3, -0.25) is 4.79 Å². The lowest BCUT2D eigenvalue weighted by molar-refractivity contribution is -0.128. The SMILES string of the molecule is O=C1CC(c2nc3ccccc3n2Cc2ccc(Cl)c(Cl)c2)CN1C1CC1. The van der Waals surface area contributed by atoms with E-state index in [1.165, 1.54) is 0 Å². The summed E-state index contributed by atoms with van der Waals surface area (Å²) < 4.78 is 2.23. The molecule has 27 heavy (non-hydrogen) atoms. The predicted molar refractivity (Wildman–Crippen MR) is 107 cm³/mol. The van der Waals surface area contributed by atoms with Crippen LogP contribution in [-0.2, 0) is 11.3 Å². The minimum Gasteiger partial charge on any atom is -0.339 e. The number of likely N-dealkylation sites (tertiary alicyclic amines) is 1. The molecule has 2 aliphatic rings. The molecule has 1 atom stereocenters. The lowest BCUT2D eigenvalue weighted by atomic mass is 10.1.